The van der Waals surface area contributed by atoms with Crippen molar-refractivity contribution in [2.45, 2.75) is 29.6 Å². The van der Waals surface area contributed by atoms with Crippen LogP contribution in [-0.4, -0.2) is 27.0 Å². The van der Waals surface area contributed by atoms with Crippen molar-refractivity contribution in [3.8, 4) is 0 Å². The van der Waals surface area contributed by atoms with Crippen molar-refractivity contribution in [2.75, 3.05) is 6.26 Å². The molecule has 1 rings (SSSR count). The third-order valence-electron chi connectivity index (χ3n) is 2.07. The van der Waals surface area contributed by atoms with E-state index in [1.165, 1.54) is 0 Å². The van der Waals surface area contributed by atoms with Gasteiger partial charge in [0.15, 0.2) is 0 Å². The Morgan fingerprint density at radius 2 is 2.07 bits per heavy atom. The van der Waals surface area contributed by atoms with Crippen LogP contribution in [0.5, 0.6) is 0 Å². The van der Waals surface area contributed by atoms with Crippen molar-refractivity contribution < 1.29 is 5.11 Å². The van der Waals surface area contributed by atoms with E-state index < -0.39 is 0 Å². The van der Waals surface area contributed by atoms with E-state index in [0.717, 1.165) is 5.03 Å². The van der Waals surface area contributed by atoms with Crippen LogP contribution in [0.1, 0.15) is 13.8 Å². The molecule has 0 spiro atoms. The molecule has 84 valence electrons. The van der Waals surface area contributed by atoms with E-state index in [0.29, 0.717) is 0 Å². The van der Waals surface area contributed by atoms with Crippen molar-refractivity contribution in [1.29, 1.82) is 0 Å². The second kappa shape index (κ2) is 6.40. The number of aromatic nitrogens is 1. The van der Waals surface area contributed by atoms with Gasteiger partial charge in [-0.05, 0) is 24.3 Å². The first-order valence-corrected chi connectivity index (χ1v) is 7.10. The topological polar surface area (TPSA) is 33.1 Å². The van der Waals surface area contributed by atoms with Gasteiger partial charge in [0.25, 0.3) is 0 Å². The average molecular weight is 243 g/mol. The lowest BCUT2D eigenvalue weighted by atomic mass is 10.1. The van der Waals surface area contributed by atoms with Gasteiger partial charge in [0, 0.05) is 6.20 Å². The van der Waals surface area contributed by atoms with Gasteiger partial charge in [-0.2, -0.15) is 0 Å². The Bertz CT molecular complexity index is 279. The van der Waals surface area contributed by atoms with E-state index in [-0.39, 0.29) is 16.6 Å². The zero-order valence-electron chi connectivity index (χ0n) is 9.25. The molecule has 15 heavy (non-hydrogen) atoms. The highest BCUT2D eigenvalue weighted by molar-refractivity contribution is 8.16. The highest BCUT2D eigenvalue weighted by atomic mass is 32.2. The molecular formula is C11H17NOS2. The van der Waals surface area contributed by atoms with Crippen LogP contribution in [0.2, 0.25) is 0 Å². The predicted molar refractivity (Wildman–Crippen MR) is 68.2 cm³/mol. The molecule has 1 N–H and O–H groups in total. The molecule has 2 atom stereocenters. The van der Waals surface area contributed by atoms with Crippen molar-refractivity contribution >= 4 is 23.5 Å². The van der Waals surface area contributed by atoms with Crippen LogP contribution < -0.4 is 0 Å². The van der Waals surface area contributed by atoms with Crippen molar-refractivity contribution in [3.05, 3.63) is 24.4 Å². The predicted octanol–water partition coefficient (Wildman–Crippen LogP) is 2.88. The molecule has 0 aliphatic heterocycles. The van der Waals surface area contributed by atoms with Gasteiger partial charge < -0.3 is 5.11 Å². The molecule has 0 aromatic carbocycles. The largest absolute Gasteiger partial charge is 0.391 e. The van der Waals surface area contributed by atoms with E-state index in [9.17, 15) is 5.11 Å². The molecule has 1 heterocycles. The lowest BCUT2D eigenvalue weighted by molar-refractivity contribution is 0.142. The normalized spacial score (nSPS) is 15.3. The number of nitrogens with zero attached hydrogens (tertiary/aromatic N) is 1. The summed E-state index contributed by atoms with van der Waals surface area (Å²) < 4.78 is 0.153. The number of hydrogen-bond donors (Lipinski definition) is 1. The van der Waals surface area contributed by atoms with Gasteiger partial charge in [-0.25, -0.2) is 4.98 Å². The van der Waals surface area contributed by atoms with Crippen LogP contribution >= 0.6 is 23.5 Å². The second-order valence-electron chi connectivity index (χ2n) is 3.62. The van der Waals surface area contributed by atoms with E-state index in [2.05, 4.69) is 4.98 Å². The molecule has 0 aliphatic rings. The van der Waals surface area contributed by atoms with Crippen LogP contribution in [0.25, 0.3) is 0 Å². The summed E-state index contributed by atoms with van der Waals surface area (Å²) >= 11 is 3.30. The van der Waals surface area contributed by atoms with Crippen LogP contribution in [0.15, 0.2) is 29.4 Å². The molecule has 0 saturated carbocycles. The van der Waals surface area contributed by atoms with Crippen molar-refractivity contribution in [3.63, 3.8) is 0 Å². The average Bonchev–Trinajstić information content (AvgIpc) is 2.26. The van der Waals surface area contributed by atoms with Gasteiger partial charge in [-0.3, -0.25) is 0 Å². The Morgan fingerprint density at radius 3 is 2.53 bits per heavy atom. The van der Waals surface area contributed by atoms with Crippen LogP contribution in [-0.2, 0) is 0 Å². The maximum atomic E-state index is 9.98. The molecule has 1 aromatic heterocycles. The van der Waals surface area contributed by atoms with E-state index in [4.69, 9.17) is 0 Å². The number of aliphatic hydroxyl groups excluding tert-OH is 1. The molecular weight excluding hydrogens is 226 g/mol. The quantitative estimate of drug-likeness (QED) is 0.637. The highest BCUT2D eigenvalue weighted by Gasteiger charge is 2.22. The summed E-state index contributed by atoms with van der Waals surface area (Å²) in [7, 11) is 0. The second-order valence-corrected chi connectivity index (χ2v) is 6.06. The Labute approximate surface area is 99.9 Å². The summed E-state index contributed by atoms with van der Waals surface area (Å²) in [4.78, 5) is 4.25. The molecule has 0 saturated heterocycles. The molecule has 0 radical (unpaired) electrons. The van der Waals surface area contributed by atoms with Crippen LogP contribution in [0.3, 0.4) is 0 Å². The molecule has 2 nitrogen and oxygen atoms in total. The van der Waals surface area contributed by atoms with Crippen molar-refractivity contribution in [2.24, 2.45) is 5.92 Å². The monoisotopic (exact) mass is 243 g/mol. The minimum atomic E-state index is -0.299. The summed E-state index contributed by atoms with van der Waals surface area (Å²) in [6.07, 6.45) is 3.50. The van der Waals surface area contributed by atoms with Crippen molar-refractivity contribution in [1.82, 2.24) is 4.98 Å². The minimum Gasteiger partial charge on any atom is -0.391 e. The molecule has 0 unspecified atom stereocenters. The van der Waals surface area contributed by atoms with E-state index >= 15 is 0 Å². The van der Waals surface area contributed by atoms with E-state index in [1.807, 2.05) is 38.3 Å². The molecule has 0 bridgehead atoms. The summed E-state index contributed by atoms with van der Waals surface area (Å²) in [5.74, 6) is 0.277. The maximum absolute atomic E-state index is 9.98. The molecule has 0 aliphatic carbocycles. The summed E-state index contributed by atoms with van der Waals surface area (Å²) in [6, 6.07) is 5.84. The number of rotatable bonds is 5. The number of hydrogen-bond acceptors (Lipinski definition) is 4. The lowest BCUT2D eigenvalue weighted by Gasteiger charge is -2.23. The van der Waals surface area contributed by atoms with Gasteiger partial charge >= 0.3 is 0 Å². The van der Waals surface area contributed by atoms with E-state index in [1.54, 1.807) is 29.7 Å². The first-order chi connectivity index (χ1) is 7.15. The summed E-state index contributed by atoms with van der Waals surface area (Å²) in [6.45, 7) is 4.07. The third kappa shape index (κ3) is 4.05. The van der Waals surface area contributed by atoms with Crippen LogP contribution in [0.4, 0.5) is 0 Å². The van der Waals surface area contributed by atoms with Crippen LogP contribution in [0, 0.1) is 5.92 Å². The fourth-order valence-electron chi connectivity index (χ4n) is 1.11. The zero-order valence-corrected chi connectivity index (χ0v) is 10.9. The van der Waals surface area contributed by atoms with Gasteiger partial charge in [0.05, 0.1) is 15.7 Å². The molecule has 0 amide bonds. The zero-order chi connectivity index (χ0) is 11.3. The number of pyridine rings is 1. The minimum absolute atomic E-state index is 0.153. The standard InChI is InChI=1S/C11H17NOS2/c1-8(2)10(13)11(14-3)15-9-6-4-5-7-12-9/h4-8,10-11,13H,1-3H3/t10-,11+/m1/s1. The molecule has 0 fully saturated rings. The Morgan fingerprint density at radius 1 is 1.33 bits per heavy atom. The Balaban J connectivity index is 2.62. The fourth-order valence-corrected chi connectivity index (χ4v) is 3.35. The van der Waals surface area contributed by atoms with Gasteiger partial charge in [0.2, 0.25) is 0 Å². The number of thioether (sulfide) groups is 2. The van der Waals surface area contributed by atoms with Gasteiger partial charge in [-0.15, -0.1) is 11.8 Å². The molecule has 4 heteroatoms. The number of aliphatic hydroxyl groups is 1. The Kier molecular flexibility index (Phi) is 5.50. The summed E-state index contributed by atoms with van der Waals surface area (Å²) in [5, 5.41) is 10.9. The Hall–Kier alpha value is -0.190. The first-order valence-electron chi connectivity index (χ1n) is 4.93. The highest BCUT2D eigenvalue weighted by Crippen LogP contribution is 2.32. The summed E-state index contributed by atoms with van der Waals surface area (Å²) in [5.41, 5.74) is 0. The fraction of sp³-hybridized carbons (Fsp3) is 0.545. The van der Waals surface area contributed by atoms with Gasteiger partial charge in [0.1, 0.15) is 0 Å². The lowest BCUT2D eigenvalue weighted by Crippen LogP contribution is -2.25. The third-order valence-corrected chi connectivity index (χ3v) is 4.67. The molecule has 1 aromatic rings. The van der Waals surface area contributed by atoms with Gasteiger partial charge in [-0.1, -0.05) is 31.7 Å². The first kappa shape index (κ1) is 12.9. The SMILES string of the molecule is CS[C@@H](Sc1ccccn1)[C@H](O)C(C)C. The maximum Gasteiger partial charge on any atom is 0.0971 e. The smallest absolute Gasteiger partial charge is 0.0971 e.